The van der Waals surface area contributed by atoms with E-state index < -0.39 is 12.3 Å². The van der Waals surface area contributed by atoms with Crippen molar-refractivity contribution in [3.05, 3.63) is 71.6 Å². The first-order chi connectivity index (χ1) is 11.9. The van der Waals surface area contributed by atoms with Crippen LogP contribution in [0, 0.1) is 0 Å². The molecule has 0 aliphatic rings. The second-order valence-corrected chi connectivity index (χ2v) is 6.00. The van der Waals surface area contributed by atoms with Gasteiger partial charge in [-0.3, -0.25) is 4.79 Å². The third-order valence-electron chi connectivity index (χ3n) is 3.31. The number of thiophene rings is 1. The van der Waals surface area contributed by atoms with Crippen molar-refractivity contribution in [3.8, 4) is 16.2 Å². The standard InChI is InChI=1S/C18H12F3NO2S/c19-18(20,21)24-13-9-7-12(8-10-13)17(23)22-15-5-2-1-4-14(15)16-6-3-11-25-16/h1-11H,(H,22,23). The summed E-state index contributed by atoms with van der Waals surface area (Å²) >= 11 is 1.55. The zero-order valence-corrected chi connectivity index (χ0v) is 13.5. The van der Waals surface area contributed by atoms with E-state index in [-0.39, 0.29) is 11.3 Å². The number of hydrogen-bond acceptors (Lipinski definition) is 3. The average molecular weight is 363 g/mol. The summed E-state index contributed by atoms with van der Waals surface area (Å²) in [4.78, 5) is 13.4. The minimum atomic E-state index is -4.76. The second kappa shape index (κ2) is 6.98. The van der Waals surface area contributed by atoms with Crippen LogP contribution < -0.4 is 10.1 Å². The number of carbonyl (C=O) groups excluding carboxylic acids is 1. The molecule has 0 saturated heterocycles. The van der Waals surface area contributed by atoms with E-state index in [0.717, 1.165) is 22.6 Å². The van der Waals surface area contributed by atoms with Crippen molar-refractivity contribution in [1.82, 2.24) is 0 Å². The summed E-state index contributed by atoms with van der Waals surface area (Å²) < 4.78 is 40.3. The van der Waals surface area contributed by atoms with E-state index in [1.54, 1.807) is 23.5 Å². The highest BCUT2D eigenvalue weighted by Gasteiger charge is 2.31. The van der Waals surface area contributed by atoms with Crippen LogP contribution in [0.3, 0.4) is 0 Å². The fourth-order valence-electron chi connectivity index (χ4n) is 2.24. The van der Waals surface area contributed by atoms with E-state index >= 15 is 0 Å². The lowest BCUT2D eigenvalue weighted by molar-refractivity contribution is -0.274. The number of carbonyl (C=O) groups is 1. The molecule has 3 nitrogen and oxygen atoms in total. The Morgan fingerprint density at radius 3 is 2.32 bits per heavy atom. The maximum absolute atomic E-state index is 12.4. The van der Waals surface area contributed by atoms with Crippen molar-refractivity contribution < 1.29 is 22.7 Å². The number of alkyl halides is 3. The topological polar surface area (TPSA) is 38.3 Å². The molecule has 0 aliphatic heterocycles. The number of para-hydroxylation sites is 1. The van der Waals surface area contributed by atoms with Gasteiger partial charge in [-0.2, -0.15) is 0 Å². The number of nitrogens with one attached hydrogen (secondary N) is 1. The molecule has 1 N–H and O–H groups in total. The lowest BCUT2D eigenvalue weighted by atomic mass is 10.1. The molecule has 25 heavy (non-hydrogen) atoms. The molecule has 0 bridgehead atoms. The van der Waals surface area contributed by atoms with Crippen LogP contribution in [0.4, 0.5) is 18.9 Å². The third kappa shape index (κ3) is 4.39. The SMILES string of the molecule is O=C(Nc1ccccc1-c1cccs1)c1ccc(OC(F)(F)F)cc1. The molecule has 7 heteroatoms. The van der Waals surface area contributed by atoms with Gasteiger partial charge in [0.05, 0.1) is 0 Å². The van der Waals surface area contributed by atoms with E-state index in [1.165, 1.54) is 12.1 Å². The number of halogens is 3. The van der Waals surface area contributed by atoms with E-state index in [9.17, 15) is 18.0 Å². The van der Waals surface area contributed by atoms with Crippen molar-refractivity contribution in [2.75, 3.05) is 5.32 Å². The monoisotopic (exact) mass is 363 g/mol. The summed E-state index contributed by atoms with van der Waals surface area (Å²) in [6, 6.07) is 16.0. The molecule has 3 aromatic rings. The highest BCUT2D eigenvalue weighted by molar-refractivity contribution is 7.13. The lowest BCUT2D eigenvalue weighted by Crippen LogP contribution is -2.17. The van der Waals surface area contributed by atoms with Crippen molar-refractivity contribution in [3.63, 3.8) is 0 Å². The molecule has 1 aromatic heterocycles. The number of amides is 1. The number of benzene rings is 2. The maximum Gasteiger partial charge on any atom is 0.573 e. The van der Waals surface area contributed by atoms with E-state index in [0.29, 0.717) is 5.69 Å². The van der Waals surface area contributed by atoms with Crippen molar-refractivity contribution in [2.24, 2.45) is 0 Å². The average Bonchev–Trinajstić information content (AvgIpc) is 3.09. The number of rotatable bonds is 4. The van der Waals surface area contributed by atoms with Crippen LogP contribution >= 0.6 is 11.3 Å². The molecule has 0 radical (unpaired) electrons. The van der Waals surface area contributed by atoms with Crippen molar-refractivity contribution in [2.45, 2.75) is 6.36 Å². The van der Waals surface area contributed by atoms with Gasteiger partial charge in [-0.1, -0.05) is 24.3 Å². The predicted molar refractivity (Wildman–Crippen MR) is 90.8 cm³/mol. The third-order valence-corrected chi connectivity index (χ3v) is 4.22. The van der Waals surface area contributed by atoms with Gasteiger partial charge >= 0.3 is 6.36 Å². The first-order valence-corrected chi connectivity index (χ1v) is 8.10. The summed E-state index contributed by atoms with van der Waals surface area (Å²) in [6.45, 7) is 0. The Hall–Kier alpha value is -2.80. The summed E-state index contributed by atoms with van der Waals surface area (Å²) in [5.41, 5.74) is 1.74. The molecule has 0 aliphatic carbocycles. The molecule has 0 fully saturated rings. The van der Waals surface area contributed by atoms with Gasteiger partial charge in [0.2, 0.25) is 0 Å². The zero-order chi connectivity index (χ0) is 17.9. The molecule has 128 valence electrons. The van der Waals surface area contributed by atoms with Crippen LogP contribution in [0.15, 0.2) is 66.0 Å². The zero-order valence-electron chi connectivity index (χ0n) is 12.7. The normalized spacial score (nSPS) is 11.2. The molecule has 0 saturated carbocycles. The summed E-state index contributed by atoms with van der Waals surface area (Å²) in [7, 11) is 0. The van der Waals surface area contributed by atoms with Crippen LogP contribution in [0.1, 0.15) is 10.4 Å². The van der Waals surface area contributed by atoms with Gasteiger partial charge < -0.3 is 10.1 Å². The molecule has 0 unspecified atom stereocenters. The highest BCUT2D eigenvalue weighted by Crippen LogP contribution is 2.31. The lowest BCUT2D eigenvalue weighted by Gasteiger charge is -2.11. The van der Waals surface area contributed by atoms with Crippen LogP contribution in [-0.4, -0.2) is 12.3 Å². The quantitative estimate of drug-likeness (QED) is 0.658. The van der Waals surface area contributed by atoms with Gasteiger partial charge in [0, 0.05) is 21.7 Å². The van der Waals surface area contributed by atoms with Gasteiger partial charge in [0.1, 0.15) is 5.75 Å². The Bertz CT molecular complexity index is 859. The predicted octanol–water partition coefficient (Wildman–Crippen LogP) is 5.57. The van der Waals surface area contributed by atoms with Gasteiger partial charge in [-0.25, -0.2) is 0 Å². The number of hydrogen-bond donors (Lipinski definition) is 1. The molecule has 1 amide bonds. The van der Waals surface area contributed by atoms with Gasteiger partial charge in [0.25, 0.3) is 5.91 Å². The van der Waals surface area contributed by atoms with Crippen LogP contribution in [0.2, 0.25) is 0 Å². The van der Waals surface area contributed by atoms with Gasteiger partial charge in [-0.15, -0.1) is 24.5 Å². The fraction of sp³-hybridized carbons (Fsp3) is 0.0556. The van der Waals surface area contributed by atoms with Crippen molar-refractivity contribution >= 4 is 22.9 Å². The summed E-state index contributed by atoms with van der Waals surface area (Å²) in [5, 5.41) is 4.73. The van der Waals surface area contributed by atoms with E-state index in [2.05, 4.69) is 10.1 Å². The Labute approximate surface area is 145 Å². The summed E-state index contributed by atoms with van der Waals surface area (Å²) in [5.74, 6) is -0.786. The van der Waals surface area contributed by atoms with E-state index in [4.69, 9.17) is 0 Å². The molecule has 0 atom stereocenters. The first-order valence-electron chi connectivity index (χ1n) is 7.22. The Morgan fingerprint density at radius 2 is 1.68 bits per heavy atom. The Morgan fingerprint density at radius 1 is 0.960 bits per heavy atom. The molecule has 2 aromatic carbocycles. The number of anilines is 1. The maximum atomic E-state index is 12.4. The molecule has 1 heterocycles. The fourth-order valence-corrected chi connectivity index (χ4v) is 3.01. The minimum Gasteiger partial charge on any atom is -0.406 e. The minimum absolute atomic E-state index is 0.232. The van der Waals surface area contributed by atoms with Crippen LogP contribution in [0.5, 0.6) is 5.75 Å². The van der Waals surface area contributed by atoms with Crippen molar-refractivity contribution in [1.29, 1.82) is 0 Å². The van der Waals surface area contributed by atoms with Crippen LogP contribution in [-0.2, 0) is 0 Å². The number of ether oxygens (including phenoxy) is 1. The van der Waals surface area contributed by atoms with E-state index in [1.807, 2.05) is 29.6 Å². The second-order valence-electron chi connectivity index (χ2n) is 5.05. The largest absolute Gasteiger partial charge is 0.573 e. The molecular formula is C18H12F3NO2S. The molecule has 0 spiro atoms. The summed E-state index contributed by atoms with van der Waals surface area (Å²) in [6.07, 6.45) is -4.76. The molecular weight excluding hydrogens is 351 g/mol. The highest BCUT2D eigenvalue weighted by atomic mass is 32.1. The molecule has 3 rings (SSSR count). The van der Waals surface area contributed by atoms with Gasteiger partial charge in [-0.05, 0) is 41.8 Å². The Kier molecular flexibility index (Phi) is 4.76. The van der Waals surface area contributed by atoms with Crippen LogP contribution in [0.25, 0.3) is 10.4 Å². The Balaban J connectivity index is 1.77. The van der Waals surface area contributed by atoms with Gasteiger partial charge in [0.15, 0.2) is 0 Å². The first kappa shape index (κ1) is 17.0. The smallest absolute Gasteiger partial charge is 0.406 e.